The molecule has 2 nitrogen and oxygen atoms in total. The first-order valence-electron chi connectivity index (χ1n) is 4.65. The van der Waals surface area contributed by atoms with Gasteiger partial charge in [-0.05, 0) is 28.8 Å². The van der Waals surface area contributed by atoms with Crippen LogP contribution in [0.15, 0.2) is 4.47 Å². The molecule has 16 heavy (non-hydrogen) atoms. The first kappa shape index (κ1) is 12.1. The van der Waals surface area contributed by atoms with E-state index in [-0.39, 0.29) is 16.9 Å². The molecule has 1 fully saturated rings. The van der Waals surface area contributed by atoms with Crippen LogP contribution in [-0.2, 0) is 6.42 Å². The lowest BCUT2D eigenvalue weighted by Gasteiger charge is -2.09. The molecule has 1 heterocycles. The third-order valence-corrected chi connectivity index (χ3v) is 3.49. The number of nitrogens with zero attached hydrogens (tertiary/aromatic N) is 2. The van der Waals surface area contributed by atoms with Crippen molar-refractivity contribution in [2.75, 3.05) is 0 Å². The molecule has 0 radical (unpaired) electrons. The van der Waals surface area contributed by atoms with E-state index >= 15 is 0 Å². The number of halogens is 5. The third kappa shape index (κ3) is 2.85. The van der Waals surface area contributed by atoms with Crippen LogP contribution in [0, 0.1) is 0 Å². The van der Waals surface area contributed by atoms with E-state index in [1.807, 2.05) is 0 Å². The maximum atomic E-state index is 12.2. The van der Waals surface area contributed by atoms with Crippen LogP contribution >= 0.6 is 27.5 Å². The van der Waals surface area contributed by atoms with Crippen molar-refractivity contribution in [2.45, 2.75) is 31.4 Å². The predicted octanol–water partition coefficient (Wildman–Crippen LogP) is 3.87. The van der Waals surface area contributed by atoms with Gasteiger partial charge in [0.15, 0.2) is 0 Å². The molecule has 88 valence electrons. The summed E-state index contributed by atoms with van der Waals surface area (Å²) in [6.45, 7) is 0. The Kier molecular flexibility index (Phi) is 3.13. The van der Waals surface area contributed by atoms with E-state index in [4.69, 9.17) is 11.6 Å². The molecule has 0 amide bonds. The maximum absolute atomic E-state index is 12.2. The molecule has 1 saturated carbocycles. The van der Waals surface area contributed by atoms with Crippen molar-refractivity contribution in [1.82, 2.24) is 9.97 Å². The average Bonchev–Trinajstić information content (AvgIpc) is 2.91. The van der Waals surface area contributed by atoms with E-state index in [2.05, 4.69) is 25.9 Å². The summed E-state index contributed by atoms with van der Waals surface area (Å²) in [6, 6.07) is 0. The van der Waals surface area contributed by atoms with Crippen molar-refractivity contribution < 1.29 is 13.2 Å². The highest BCUT2D eigenvalue weighted by Gasteiger charge is 2.33. The van der Waals surface area contributed by atoms with Gasteiger partial charge in [-0.25, -0.2) is 9.97 Å². The van der Waals surface area contributed by atoms with Crippen molar-refractivity contribution in [1.29, 1.82) is 0 Å². The lowest BCUT2D eigenvalue weighted by Crippen LogP contribution is -2.15. The van der Waals surface area contributed by atoms with Crippen LogP contribution in [0.1, 0.15) is 30.3 Å². The molecule has 0 unspecified atom stereocenters. The van der Waals surface area contributed by atoms with Crippen molar-refractivity contribution in [3.8, 4) is 0 Å². The van der Waals surface area contributed by atoms with Crippen molar-refractivity contribution in [3.63, 3.8) is 0 Å². The molecular weight excluding hydrogens is 308 g/mol. The van der Waals surface area contributed by atoms with Gasteiger partial charge in [-0.1, -0.05) is 11.6 Å². The molecule has 1 aromatic rings. The van der Waals surface area contributed by atoms with E-state index in [1.165, 1.54) is 0 Å². The minimum absolute atomic E-state index is 0.0520. The summed E-state index contributed by atoms with van der Waals surface area (Å²) in [5.74, 6) is -0.0375. The van der Waals surface area contributed by atoms with Gasteiger partial charge < -0.3 is 0 Å². The standard InChI is InChI=1S/C9H7BrClF3N2/c10-6-7(4-1-2-4)15-5(16-8(6)11)3-9(12,13)14/h4H,1-3H2. The highest BCUT2D eigenvalue weighted by molar-refractivity contribution is 9.10. The molecule has 0 spiro atoms. The summed E-state index contributed by atoms with van der Waals surface area (Å²) in [5, 5.41) is 0.0520. The summed E-state index contributed by atoms with van der Waals surface area (Å²) >= 11 is 8.95. The van der Waals surface area contributed by atoms with Gasteiger partial charge in [0.1, 0.15) is 17.4 Å². The van der Waals surface area contributed by atoms with Gasteiger partial charge in [0.2, 0.25) is 0 Å². The number of hydrogen-bond acceptors (Lipinski definition) is 2. The summed E-state index contributed by atoms with van der Waals surface area (Å²) in [5.41, 5.74) is 0.597. The predicted molar refractivity (Wildman–Crippen MR) is 56.5 cm³/mol. The Labute approximate surface area is 103 Å². The Bertz CT molecular complexity index is 418. The zero-order valence-electron chi connectivity index (χ0n) is 7.98. The first-order chi connectivity index (χ1) is 7.37. The molecule has 0 atom stereocenters. The smallest absolute Gasteiger partial charge is 0.236 e. The summed E-state index contributed by atoms with van der Waals surface area (Å²) in [6.07, 6.45) is -3.56. The second kappa shape index (κ2) is 4.14. The molecule has 0 aliphatic heterocycles. The molecule has 1 aromatic heterocycles. The van der Waals surface area contributed by atoms with Gasteiger partial charge in [0.25, 0.3) is 0 Å². The summed E-state index contributed by atoms with van der Waals surface area (Å²) in [7, 11) is 0. The average molecular weight is 316 g/mol. The fourth-order valence-electron chi connectivity index (χ4n) is 1.37. The molecule has 7 heteroatoms. The Hall–Kier alpha value is -0.360. The molecule has 0 aromatic carbocycles. The van der Waals surface area contributed by atoms with Gasteiger partial charge in [0, 0.05) is 5.92 Å². The summed E-state index contributed by atoms with van der Waals surface area (Å²) < 4.78 is 37.1. The minimum Gasteiger partial charge on any atom is -0.236 e. The van der Waals surface area contributed by atoms with Crippen LogP contribution in [0.4, 0.5) is 13.2 Å². The number of alkyl halides is 3. The van der Waals surface area contributed by atoms with Gasteiger partial charge in [-0.3, -0.25) is 0 Å². The molecular formula is C9H7BrClF3N2. The van der Waals surface area contributed by atoms with E-state index in [0.29, 0.717) is 10.2 Å². The Morgan fingerprint density at radius 2 is 1.94 bits per heavy atom. The second-order valence-electron chi connectivity index (χ2n) is 3.70. The van der Waals surface area contributed by atoms with E-state index < -0.39 is 12.6 Å². The lowest BCUT2D eigenvalue weighted by molar-refractivity contribution is -0.128. The van der Waals surface area contributed by atoms with Crippen molar-refractivity contribution in [2.24, 2.45) is 0 Å². The SMILES string of the molecule is FC(F)(F)Cc1nc(Cl)c(Br)c(C2CC2)n1. The number of hydrogen-bond donors (Lipinski definition) is 0. The van der Waals surface area contributed by atoms with Crippen LogP contribution in [-0.4, -0.2) is 16.1 Å². The Balaban J connectivity index is 2.33. The van der Waals surface area contributed by atoms with Crippen LogP contribution in [0.3, 0.4) is 0 Å². The van der Waals surface area contributed by atoms with E-state index in [1.54, 1.807) is 0 Å². The largest absolute Gasteiger partial charge is 0.396 e. The second-order valence-corrected chi connectivity index (χ2v) is 4.85. The van der Waals surface area contributed by atoms with Crippen LogP contribution in [0.2, 0.25) is 5.15 Å². The van der Waals surface area contributed by atoms with Gasteiger partial charge in [0.05, 0.1) is 10.2 Å². The quantitative estimate of drug-likeness (QED) is 0.774. The third-order valence-electron chi connectivity index (χ3n) is 2.21. The normalized spacial score (nSPS) is 16.6. The van der Waals surface area contributed by atoms with Crippen LogP contribution in [0.25, 0.3) is 0 Å². The Morgan fingerprint density at radius 1 is 1.31 bits per heavy atom. The number of rotatable bonds is 2. The van der Waals surface area contributed by atoms with Gasteiger partial charge in [-0.2, -0.15) is 13.2 Å². The molecule has 0 saturated heterocycles. The van der Waals surface area contributed by atoms with E-state index in [0.717, 1.165) is 12.8 Å². The molecule has 2 rings (SSSR count). The van der Waals surface area contributed by atoms with Crippen molar-refractivity contribution >= 4 is 27.5 Å². The van der Waals surface area contributed by atoms with E-state index in [9.17, 15) is 13.2 Å². The Morgan fingerprint density at radius 3 is 2.44 bits per heavy atom. The summed E-state index contributed by atoms with van der Waals surface area (Å²) in [4.78, 5) is 7.53. The molecule has 0 bridgehead atoms. The molecule has 1 aliphatic rings. The minimum atomic E-state index is -4.31. The first-order valence-corrected chi connectivity index (χ1v) is 5.82. The number of aromatic nitrogens is 2. The monoisotopic (exact) mass is 314 g/mol. The van der Waals surface area contributed by atoms with Crippen LogP contribution in [0.5, 0.6) is 0 Å². The topological polar surface area (TPSA) is 25.8 Å². The van der Waals surface area contributed by atoms with Gasteiger partial charge >= 0.3 is 6.18 Å². The fourth-order valence-corrected chi connectivity index (χ4v) is 2.06. The molecule has 0 N–H and O–H groups in total. The zero-order valence-corrected chi connectivity index (χ0v) is 10.3. The van der Waals surface area contributed by atoms with Gasteiger partial charge in [-0.15, -0.1) is 0 Å². The lowest BCUT2D eigenvalue weighted by atomic mass is 10.2. The maximum Gasteiger partial charge on any atom is 0.396 e. The highest BCUT2D eigenvalue weighted by atomic mass is 79.9. The molecule has 1 aliphatic carbocycles. The van der Waals surface area contributed by atoms with Crippen LogP contribution < -0.4 is 0 Å². The zero-order chi connectivity index (χ0) is 11.9. The highest BCUT2D eigenvalue weighted by Crippen LogP contribution is 2.43. The van der Waals surface area contributed by atoms with Crippen molar-refractivity contribution in [3.05, 3.63) is 21.1 Å². The fraction of sp³-hybridized carbons (Fsp3) is 0.556.